The molecule has 1 aromatic carbocycles. The number of benzene rings is 1. The molecule has 2 N–H and O–H groups in total. The smallest absolute Gasteiger partial charge is 0.137 e. The topological polar surface area (TPSA) is 52.0 Å². The van der Waals surface area contributed by atoms with Gasteiger partial charge >= 0.3 is 0 Å². The van der Waals surface area contributed by atoms with Crippen molar-refractivity contribution in [1.29, 1.82) is 0 Å². The summed E-state index contributed by atoms with van der Waals surface area (Å²) in [5, 5.41) is 1.09. The SMILES string of the molecule is Cc1cccc2cc(C(N)c3cccnc3)oc12. The van der Waals surface area contributed by atoms with Crippen LogP contribution in [-0.2, 0) is 0 Å². The minimum absolute atomic E-state index is 0.273. The Morgan fingerprint density at radius 2 is 2.11 bits per heavy atom. The maximum atomic E-state index is 6.20. The van der Waals surface area contributed by atoms with Crippen LogP contribution in [0.4, 0.5) is 0 Å². The van der Waals surface area contributed by atoms with Crippen LogP contribution in [0, 0.1) is 6.92 Å². The molecule has 18 heavy (non-hydrogen) atoms. The second-order valence-electron chi connectivity index (χ2n) is 4.41. The van der Waals surface area contributed by atoms with Crippen molar-refractivity contribution in [3.63, 3.8) is 0 Å². The van der Waals surface area contributed by atoms with E-state index in [1.165, 1.54) is 0 Å². The van der Waals surface area contributed by atoms with E-state index in [1.54, 1.807) is 12.4 Å². The van der Waals surface area contributed by atoms with Gasteiger partial charge in [-0.05, 0) is 30.2 Å². The Morgan fingerprint density at radius 3 is 2.83 bits per heavy atom. The van der Waals surface area contributed by atoms with Crippen LogP contribution >= 0.6 is 0 Å². The lowest BCUT2D eigenvalue weighted by molar-refractivity contribution is 0.523. The molecule has 3 nitrogen and oxygen atoms in total. The Balaban J connectivity index is 2.07. The summed E-state index contributed by atoms with van der Waals surface area (Å²) in [6.07, 6.45) is 3.50. The van der Waals surface area contributed by atoms with Crippen LogP contribution < -0.4 is 5.73 Å². The molecule has 1 unspecified atom stereocenters. The molecular formula is C15H14N2O. The number of para-hydroxylation sites is 1. The fourth-order valence-electron chi connectivity index (χ4n) is 2.11. The molecule has 0 fully saturated rings. The number of nitrogens with zero attached hydrogens (tertiary/aromatic N) is 1. The Morgan fingerprint density at radius 1 is 1.22 bits per heavy atom. The van der Waals surface area contributed by atoms with Gasteiger partial charge in [0.2, 0.25) is 0 Å². The summed E-state index contributed by atoms with van der Waals surface area (Å²) in [6, 6.07) is 11.6. The van der Waals surface area contributed by atoms with Crippen LogP contribution in [0.5, 0.6) is 0 Å². The highest BCUT2D eigenvalue weighted by atomic mass is 16.3. The van der Waals surface area contributed by atoms with Crippen LogP contribution in [0.15, 0.2) is 53.2 Å². The average molecular weight is 238 g/mol. The van der Waals surface area contributed by atoms with Crippen molar-refractivity contribution in [3.8, 4) is 0 Å². The summed E-state index contributed by atoms with van der Waals surface area (Å²) < 4.78 is 5.86. The van der Waals surface area contributed by atoms with Gasteiger partial charge in [0, 0.05) is 17.8 Å². The quantitative estimate of drug-likeness (QED) is 0.746. The molecule has 0 radical (unpaired) electrons. The first-order chi connectivity index (χ1) is 8.75. The highest BCUT2D eigenvalue weighted by Gasteiger charge is 2.14. The van der Waals surface area contributed by atoms with E-state index in [0.717, 1.165) is 27.9 Å². The fourth-order valence-corrected chi connectivity index (χ4v) is 2.11. The lowest BCUT2D eigenvalue weighted by atomic mass is 10.1. The molecule has 0 saturated heterocycles. The van der Waals surface area contributed by atoms with Crippen LogP contribution in [-0.4, -0.2) is 4.98 Å². The van der Waals surface area contributed by atoms with Crippen LogP contribution in [0.1, 0.15) is 22.9 Å². The standard InChI is InChI=1S/C15H14N2O/c1-10-4-2-5-11-8-13(18-15(10)11)14(16)12-6-3-7-17-9-12/h2-9,14H,16H2,1H3. The third kappa shape index (κ3) is 1.79. The number of fused-ring (bicyclic) bond motifs is 1. The van der Waals surface area contributed by atoms with Crippen LogP contribution in [0.25, 0.3) is 11.0 Å². The zero-order valence-electron chi connectivity index (χ0n) is 10.1. The molecule has 3 aromatic rings. The van der Waals surface area contributed by atoms with Crippen molar-refractivity contribution in [2.75, 3.05) is 0 Å². The van der Waals surface area contributed by atoms with Gasteiger partial charge in [-0.1, -0.05) is 24.3 Å². The largest absolute Gasteiger partial charge is 0.459 e. The number of hydrogen-bond donors (Lipinski definition) is 1. The van der Waals surface area contributed by atoms with E-state index in [2.05, 4.69) is 4.98 Å². The van der Waals surface area contributed by atoms with E-state index in [4.69, 9.17) is 10.2 Å². The minimum Gasteiger partial charge on any atom is -0.459 e. The van der Waals surface area contributed by atoms with Gasteiger partial charge in [0.05, 0.1) is 6.04 Å². The van der Waals surface area contributed by atoms with Gasteiger partial charge in [0.15, 0.2) is 0 Å². The molecule has 3 rings (SSSR count). The minimum atomic E-state index is -0.273. The van der Waals surface area contributed by atoms with Crippen molar-refractivity contribution < 1.29 is 4.42 Å². The number of furan rings is 1. The van der Waals surface area contributed by atoms with Gasteiger partial charge in [0.25, 0.3) is 0 Å². The van der Waals surface area contributed by atoms with Crippen molar-refractivity contribution >= 4 is 11.0 Å². The summed E-state index contributed by atoms with van der Waals surface area (Å²) in [7, 11) is 0. The predicted octanol–water partition coefficient (Wildman–Crippen LogP) is 3.18. The van der Waals surface area contributed by atoms with Crippen molar-refractivity contribution in [3.05, 3.63) is 65.7 Å². The lowest BCUT2D eigenvalue weighted by Gasteiger charge is -2.07. The van der Waals surface area contributed by atoms with Gasteiger partial charge in [-0.3, -0.25) is 4.98 Å². The van der Waals surface area contributed by atoms with Gasteiger partial charge in [0.1, 0.15) is 11.3 Å². The Labute approximate surface area is 105 Å². The third-order valence-corrected chi connectivity index (χ3v) is 3.11. The fraction of sp³-hybridized carbons (Fsp3) is 0.133. The van der Waals surface area contributed by atoms with E-state index in [-0.39, 0.29) is 6.04 Å². The molecule has 0 aliphatic carbocycles. The third-order valence-electron chi connectivity index (χ3n) is 3.11. The van der Waals surface area contributed by atoms with E-state index < -0.39 is 0 Å². The van der Waals surface area contributed by atoms with Crippen molar-refractivity contribution in [2.24, 2.45) is 5.73 Å². The molecule has 0 aliphatic heterocycles. The van der Waals surface area contributed by atoms with Crippen LogP contribution in [0.2, 0.25) is 0 Å². The highest BCUT2D eigenvalue weighted by Crippen LogP contribution is 2.28. The Kier molecular flexibility index (Phi) is 2.61. The number of nitrogens with two attached hydrogens (primary N) is 1. The average Bonchev–Trinajstić information content (AvgIpc) is 2.84. The first kappa shape index (κ1) is 11.0. The zero-order valence-corrected chi connectivity index (χ0v) is 10.1. The molecule has 1 atom stereocenters. The monoisotopic (exact) mass is 238 g/mol. The molecule has 0 saturated carbocycles. The molecule has 3 heteroatoms. The molecular weight excluding hydrogens is 224 g/mol. The van der Waals surface area contributed by atoms with E-state index in [0.29, 0.717) is 0 Å². The zero-order chi connectivity index (χ0) is 12.5. The maximum Gasteiger partial charge on any atom is 0.137 e. The summed E-state index contributed by atoms with van der Waals surface area (Å²) in [4.78, 5) is 4.08. The van der Waals surface area contributed by atoms with Gasteiger partial charge in [-0.25, -0.2) is 0 Å². The first-order valence-electron chi connectivity index (χ1n) is 5.90. The second-order valence-corrected chi connectivity index (χ2v) is 4.41. The summed E-state index contributed by atoms with van der Waals surface area (Å²) in [6.45, 7) is 2.03. The molecule has 0 aliphatic rings. The van der Waals surface area contributed by atoms with E-state index >= 15 is 0 Å². The number of aromatic nitrogens is 1. The summed E-state index contributed by atoms with van der Waals surface area (Å²) >= 11 is 0. The first-order valence-corrected chi connectivity index (χ1v) is 5.90. The number of pyridine rings is 1. The van der Waals surface area contributed by atoms with Gasteiger partial charge < -0.3 is 10.2 Å². The Hall–Kier alpha value is -2.13. The van der Waals surface area contributed by atoms with Crippen LogP contribution in [0.3, 0.4) is 0 Å². The molecule has 0 bridgehead atoms. The number of aryl methyl sites for hydroxylation is 1. The maximum absolute atomic E-state index is 6.20. The molecule has 0 amide bonds. The van der Waals surface area contributed by atoms with E-state index in [9.17, 15) is 0 Å². The number of hydrogen-bond acceptors (Lipinski definition) is 3. The van der Waals surface area contributed by atoms with E-state index in [1.807, 2.05) is 43.3 Å². The normalized spacial score (nSPS) is 12.8. The Bertz CT molecular complexity index is 673. The molecule has 0 spiro atoms. The molecule has 2 aromatic heterocycles. The summed E-state index contributed by atoms with van der Waals surface area (Å²) in [5.74, 6) is 0.771. The van der Waals surface area contributed by atoms with Gasteiger partial charge in [-0.15, -0.1) is 0 Å². The molecule has 90 valence electrons. The second kappa shape index (κ2) is 4.27. The lowest BCUT2D eigenvalue weighted by Crippen LogP contribution is -2.10. The van der Waals surface area contributed by atoms with Crippen molar-refractivity contribution in [2.45, 2.75) is 13.0 Å². The van der Waals surface area contributed by atoms with Crippen molar-refractivity contribution in [1.82, 2.24) is 4.98 Å². The summed E-state index contributed by atoms with van der Waals surface area (Å²) in [5.41, 5.74) is 9.18. The molecule has 2 heterocycles. The number of rotatable bonds is 2. The van der Waals surface area contributed by atoms with Gasteiger partial charge in [-0.2, -0.15) is 0 Å². The predicted molar refractivity (Wildman–Crippen MR) is 71.2 cm³/mol. The highest BCUT2D eigenvalue weighted by molar-refractivity contribution is 5.81.